The third-order valence-electron chi connectivity index (χ3n) is 3.58. The molecule has 0 saturated carbocycles. The van der Waals surface area contributed by atoms with E-state index in [1.54, 1.807) is 13.8 Å². The minimum atomic E-state index is -0.128. The van der Waals surface area contributed by atoms with Gasteiger partial charge in [0.2, 0.25) is 0 Å². The average molecular weight is 237 g/mol. The van der Waals surface area contributed by atoms with Gasteiger partial charge in [-0.2, -0.15) is 0 Å². The van der Waals surface area contributed by atoms with E-state index < -0.39 is 0 Å². The van der Waals surface area contributed by atoms with Gasteiger partial charge in [0, 0.05) is 12.0 Å². The Labute approximate surface area is 102 Å². The molecule has 3 atom stereocenters. The van der Waals surface area contributed by atoms with E-state index in [4.69, 9.17) is 10.5 Å². The van der Waals surface area contributed by atoms with Gasteiger partial charge in [-0.25, -0.2) is 4.39 Å². The quantitative estimate of drug-likeness (QED) is 0.858. The largest absolute Gasteiger partial charge is 0.378 e. The van der Waals surface area contributed by atoms with E-state index in [-0.39, 0.29) is 18.0 Å². The van der Waals surface area contributed by atoms with Crippen molar-refractivity contribution >= 4 is 0 Å². The average Bonchev–Trinajstić information content (AvgIpc) is 2.71. The highest BCUT2D eigenvalue weighted by atomic mass is 19.1. The SMILES string of the molecule is Cc1cc(C(N)C2COC(C)C2)cc(C)c1F. The van der Waals surface area contributed by atoms with Crippen molar-refractivity contribution in [2.45, 2.75) is 39.3 Å². The molecule has 1 aromatic carbocycles. The number of ether oxygens (including phenoxy) is 1. The summed E-state index contributed by atoms with van der Waals surface area (Å²) in [5, 5.41) is 0. The summed E-state index contributed by atoms with van der Waals surface area (Å²) < 4.78 is 19.1. The van der Waals surface area contributed by atoms with Gasteiger partial charge in [0.1, 0.15) is 5.82 Å². The Bertz CT molecular complexity index is 396. The van der Waals surface area contributed by atoms with Crippen LogP contribution in [-0.2, 0) is 4.74 Å². The first kappa shape index (κ1) is 12.5. The molecule has 0 amide bonds. The molecule has 17 heavy (non-hydrogen) atoms. The Kier molecular flexibility index (Phi) is 3.50. The molecule has 1 aromatic rings. The van der Waals surface area contributed by atoms with Crippen LogP contribution in [-0.4, -0.2) is 12.7 Å². The first-order chi connectivity index (χ1) is 7.99. The van der Waals surface area contributed by atoms with Crippen molar-refractivity contribution < 1.29 is 9.13 Å². The van der Waals surface area contributed by atoms with Crippen LogP contribution >= 0.6 is 0 Å². The normalized spacial score (nSPS) is 26.2. The molecule has 1 saturated heterocycles. The fourth-order valence-electron chi connectivity index (χ4n) is 2.54. The van der Waals surface area contributed by atoms with Crippen LogP contribution in [0.25, 0.3) is 0 Å². The maximum atomic E-state index is 13.5. The van der Waals surface area contributed by atoms with Crippen LogP contribution in [0.15, 0.2) is 12.1 Å². The molecule has 1 aliphatic heterocycles. The monoisotopic (exact) mass is 237 g/mol. The Morgan fingerprint density at radius 2 is 1.94 bits per heavy atom. The van der Waals surface area contributed by atoms with E-state index in [0.29, 0.717) is 23.7 Å². The molecule has 0 aromatic heterocycles. The fourth-order valence-corrected chi connectivity index (χ4v) is 2.54. The summed E-state index contributed by atoms with van der Waals surface area (Å²) >= 11 is 0. The van der Waals surface area contributed by atoms with Crippen molar-refractivity contribution in [3.63, 3.8) is 0 Å². The second kappa shape index (κ2) is 4.75. The molecular formula is C14H20FNO. The molecule has 0 aliphatic carbocycles. The second-order valence-electron chi connectivity index (χ2n) is 5.13. The molecular weight excluding hydrogens is 217 g/mol. The molecule has 1 aliphatic rings. The van der Waals surface area contributed by atoms with E-state index >= 15 is 0 Å². The molecule has 1 fully saturated rings. The van der Waals surface area contributed by atoms with Crippen LogP contribution in [0.3, 0.4) is 0 Å². The summed E-state index contributed by atoms with van der Waals surface area (Å²) in [6.45, 7) is 6.34. The lowest BCUT2D eigenvalue weighted by Gasteiger charge is -2.19. The summed E-state index contributed by atoms with van der Waals surface area (Å²) in [5.74, 6) is 0.214. The van der Waals surface area contributed by atoms with E-state index in [1.807, 2.05) is 12.1 Å². The van der Waals surface area contributed by atoms with E-state index in [0.717, 1.165) is 12.0 Å². The van der Waals surface area contributed by atoms with Crippen molar-refractivity contribution in [2.24, 2.45) is 11.7 Å². The van der Waals surface area contributed by atoms with Gasteiger partial charge in [-0.1, -0.05) is 12.1 Å². The maximum Gasteiger partial charge on any atom is 0.129 e. The van der Waals surface area contributed by atoms with Gasteiger partial charge in [0.05, 0.1) is 12.7 Å². The zero-order chi connectivity index (χ0) is 12.6. The number of hydrogen-bond acceptors (Lipinski definition) is 2. The highest BCUT2D eigenvalue weighted by Gasteiger charge is 2.28. The lowest BCUT2D eigenvalue weighted by atomic mass is 9.90. The third-order valence-corrected chi connectivity index (χ3v) is 3.58. The van der Waals surface area contributed by atoms with Gasteiger partial charge in [-0.3, -0.25) is 0 Å². The minimum Gasteiger partial charge on any atom is -0.378 e. The molecule has 0 radical (unpaired) electrons. The second-order valence-corrected chi connectivity index (χ2v) is 5.13. The zero-order valence-corrected chi connectivity index (χ0v) is 10.7. The standard InChI is InChI=1S/C14H20FNO/c1-8-4-11(5-9(2)13(8)15)14(16)12-6-10(3)17-7-12/h4-5,10,12,14H,6-7,16H2,1-3H3. The number of rotatable bonds is 2. The van der Waals surface area contributed by atoms with Crippen LogP contribution in [0.2, 0.25) is 0 Å². The number of hydrogen-bond donors (Lipinski definition) is 1. The lowest BCUT2D eigenvalue weighted by Crippen LogP contribution is -2.22. The summed E-state index contributed by atoms with van der Waals surface area (Å²) in [5.41, 5.74) is 8.60. The molecule has 94 valence electrons. The van der Waals surface area contributed by atoms with Crippen LogP contribution < -0.4 is 5.73 Å². The Morgan fingerprint density at radius 3 is 2.41 bits per heavy atom. The summed E-state index contributed by atoms with van der Waals surface area (Å²) in [7, 11) is 0. The van der Waals surface area contributed by atoms with Crippen molar-refractivity contribution in [1.82, 2.24) is 0 Å². The van der Waals surface area contributed by atoms with E-state index in [2.05, 4.69) is 6.92 Å². The maximum absolute atomic E-state index is 13.5. The fraction of sp³-hybridized carbons (Fsp3) is 0.571. The number of aryl methyl sites for hydroxylation is 2. The first-order valence-corrected chi connectivity index (χ1v) is 6.13. The molecule has 3 unspecified atom stereocenters. The van der Waals surface area contributed by atoms with Crippen LogP contribution in [0, 0.1) is 25.6 Å². The highest BCUT2D eigenvalue weighted by molar-refractivity contribution is 5.32. The van der Waals surface area contributed by atoms with Gasteiger partial charge in [0.25, 0.3) is 0 Å². The molecule has 2 nitrogen and oxygen atoms in total. The van der Waals surface area contributed by atoms with Crippen molar-refractivity contribution in [1.29, 1.82) is 0 Å². The van der Waals surface area contributed by atoms with Crippen molar-refractivity contribution in [3.8, 4) is 0 Å². The molecule has 1 heterocycles. The molecule has 0 spiro atoms. The van der Waals surface area contributed by atoms with Gasteiger partial charge in [-0.05, 0) is 43.9 Å². The van der Waals surface area contributed by atoms with Crippen molar-refractivity contribution in [3.05, 3.63) is 34.6 Å². The number of halogens is 1. The number of benzene rings is 1. The summed E-state index contributed by atoms with van der Waals surface area (Å²) in [4.78, 5) is 0. The Morgan fingerprint density at radius 1 is 1.35 bits per heavy atom. The first-order valence-electron chi connectivity index (χ1n) is 6.13. The predicted octanol–water partition coefficient (Wildman–Crippen LogP) is 2.87. The summed E-state index contributed by atoms with van der Waals surface area (Å²) in [6.07, 6.45) is 1.27. The van der Waals surface area contributed by atoms with Crippen LogP contribution in [0.4, 0.5) is 4.39 Å². The Hall–Kier alpha value is -0.930. The van der Waals surface area contributed by atoms with Crippen LogP contribution in [0.1, 0.15) is 36.1 Å². The van der Waals surface area contributed by atoms with Gasteiger partial charge < -0.3 is 10.5 Å². The van der Waals surface area contributed by atoms with Gasteiger partial charge >= 0.3 is 0 Å². The van der Waals surface area contributed by atoms with Gasteiger partial charge in [-0.15, -0.1) is 0 Å². The molecule has 2 N–H and O–H groups in total. The van der Waals surface area contributed by atoms with E-state index in [9.17, 15) is 4.39 Å². The molecule has 0 bridgehead atoms. The molecule has 2 rings (SSSR count). The zero-order valence-electron chi connectivity index (χ0n) is 10.7. The van der Waals surface area contributed by atoms with Gasteiger partial charge in [0.15, 0.2) is 0 Å². The van der Waals surface area contributed by atoms with Crippen LogP contribution in [0.5, 0.6) is 0 Å². The minimum absolute atomic E-state index is 0.0575. The third kappa shape index (κ3) is 2.50. The predicted molar refractivity (Wildman–Crippen MR) is 66.3 cm³/mol. The number of nitrogens with two attached hydrogens (primary N) is 1. The molecule has 3 heteroatoms. The summed E-state index contributed by atoms with van der Waals surface area (Å²) in [6, 6.07) is 3.66. The topological polar surface area (TPSA) is 35.2 Å². The van der Waals surface area contributed by atoms with Crippen molar-refractivity contribution in [2.75, 3.05) is 6.61 Å². The van der Waals surface area contributed by atoms with E-state index in [1.165, 1.54) is 0 Å². The lowest BCUT2D eigenvalue weighted by molar-refractivity contribution is 0.118. The smallest absolute Gasteiger partial charge is 0.129 e. The highest BCUT2D eigenvalue weighted by Crippen LogP contribution is 2.31. The Balaban J connectivity index is 2.22.